The Morgan fingerprint density at radius 2 is 1.41 bits per heavy atom. The second kappa shape index (κ2) is 13.4. The van der Waals surface area contributed by atoms with Crippen molar-refractivity contribution in [3.63, 3.8) is 0 Å². The van der Waals surface area contributed by atoms with Gasteiger partial charge >= 0.3 is 0 Å². The van der Waals surface area contributed by atoms with Crippen LogP contribution in [0.2, 0.25) is 0 Å². The molecule has 4 N–H and O–H groups in total. The first kappa shape index (κ1) is 23.6. The molecular weight excluding hydrogens is 404 g/mol. The topological polar surface area (TPSA) is 107 Å². The van der Waals surface area contributed by atoms with E-state index in [0.717, 1.165) is 18.5 Å². The van der Waals surface area contributed by atoms with Crippen LogP contribution in [0.3, 0.4) is 0 Å². The van der Waals surface area contributed by atoms with Crippen molar-refractivity contribution in [2.24, 2.45) is 5.73 Å². The van der Waals surface area contributed by atoms with Crippen LogP contribution in [0.15, 0.2) is 54.6 Å². The average molecular weight is 437 g/mol. The number of aromatic nitrogens is 3. The zero-order valence-electron chi connectivity index (χ0n) is 18.6. The van der Waals surface area contributed by atoms with Crippen LogP contribution in [0.4, 0.5) is 11.9 Å². The molecule has 0 saturated carbocycles. The number of aryl methyl sites for hydroxylation is 1. The van der Waals surface area contributed by atoms with Gasteiger partial charge in [0.25, 0.3) is 0 Å². The van der Waals surface area contributed by atoms with Crippen molar-refractivity contribution >= 4 is 11.9 Å². The van der Waals surface area contributed by atoms with Crippen molar-refractivity contribution in [1.82, 2.24) is 15.0 Å². The minimum absolute atomic E-state index is 0.515. The molecule has 0 radical (unpaired) electrons. The maximum atomic E-state index is 5.56. The van der Waals surface area contributed by atoms with Crippen LogP contribution in [0.5, 0.6) is 0 Å². The van der Waals surface area contributed by atoms with E-state index < -0.39 is 0 Å². The Labute approximate surface area is 189 Å². The second-order valence-electron chi connectivity index (χ2n) is 7.27. The van der Waals surface area contributed by atoms with E-state index in [-0.39, 0.29) is 0 Å². The summed E-state index contributed by atoms with van der Waals surface area (Å²) < 4.78 is 10.9. The highest BCUT2D eigenvalue weighted by molar-refractivity contribution is 5.58. The van der Waals surface area contributed by atoms with Crippen molar-refractivity contribution in [3.8, 4) is 11.4 Å². The van der Waals surface area contributed by atoms with Gasteiger partial charge in [0.15, 0.2) is 5.82 Å². The third-order valence-corrected chi connectivity index (χ3v) is 4.65. The standard InChI is InChI=1S/C24H32N6O2/c1-19-7-9-21(10-8-19)22-28-23(26-13-11-20-5-3-2-4-6-20)30-24(29-22)27-14-16-32-18-17-31-15-12-25/h2-10H,11-18,25H2,1H3,(H2,26,27,28,29,30). The number of nitrogens with zero attached hydrogens (tertiary/aromatic N) is 3. The average Bonchev–Trinajstić information content (AvgIpc) is 2.82. The lowest BCUT2D eigenvalue weighted by Crippen LogP contribution is -2.17. The fourth-order valence-corrected chi connectivity index (χ4v) is 2.97. The first-order chi connectivity index (χ1) is 15.7. The normalized spacial score (nSPS) is 10.8. The lowest BCUT2D eigenvalue weighted by Gasteiger charge is -2.11. The minimum Gasteiger partial charge on any atom is -0.378 e. The van der Waals surface area contributed by atoms with Gasteiger partial charge in [-0.2, -0.15) is 15.0 Å². The highest BCUT2D eigenvalue weighted by Crippen LogP contribution is 2.18. The molecule has 0 fully saturated rings. The molecule has 1 heterocycles. The number of anilines is 2. The van der Waals surface area contributed by atoms with E-state index in [9.17, 15) is 0 Å². The Hall–Kier alpha value is -3.07. The molecule has 0 aliphatic rings. The number of hydrogen-bond donors (Lipinski definition) is 3. The van der Waals surface area contributed by atoms with Gasteiger partial charge in [-0.1, -0.05) is 60.2 Å². The summed E-state index contributed by atoms with van der Waals surface area (Å²) in [5.41, 5.74) is 8.79. The second-order valence-corrected chi connectivity index (χ2v) is 7.27. The largest absolute Gasteiger partial charge is 0.378 e. The van der Waals surface area contributed by atoms with Gasteiger partial charge in [-0.25, -0.2) is 0 Å². The number of rotatable bonds is 14. The van der Waals surface area contributed by atoms with E-state index >= 15 is 0 Å². The summed E-state index contributed by atoms with van der Waals surface area (Å²) in [5.74, 6) is 1.69. The fourth-order valence-electron chi connectivity index (χ4n) is 2.97. The van der Waals surface area contributed by atoms with E-state index in [1.54, 1.807) is 0 Å². The molecule has 0 bridgehead atoms. The molecule has 0 aliphatic carbocycles. The zero-order valence-corrected chi connectivity index (χ0v) is 18.6. The van der Waals surface area contributed by atoms with Crippen LogP contribution in [0.1, 0.15) is 11.1 Å². The zero-order chi connectivity index (χ0) is 22.4. The lowest BCUT2D eigenvalue weighted by molar-refractivity contribution is 0.0547. The van der Waals surface area contributed by atoms with Crippen molar-refractivity contribution in [2.45, 2.75) is 13.3 Å². The van der Waals surface area contributed by atoms with E-state index in [0.29, 0.717) is 57.2 Å². The smallest absolute Gasteiger partial charge is 0.228 e. The first-order valence-electron chi connectivity index (χ1n) is 10.9. The van der Waals surface area contributed by atoms with E-state index in [1.165, 1.54) is 11.1 Å². The van der Waals surface area contributed by atoms with Crippen molar-refractivity contribution in [1.29, 1.82) is 0 Å². The number of hydrogen-bond acceptors (Lipinski definition) is 8. The van der Waals surface area contributed by atoms with Crippen LogP contribution in [0, 0.1) is 6.92 Å². The first-order valence-corrected chi connectivity index (χ1v) is 10.9. The molecule has 0 spiro atoms. The molecule has 8 heteroatoms. The van der Waals surface area contributed by atoms with Crippen molar-refractivity contribution in [3.05, 3.63) is 65.7 Å². The Morgan fingerprint density at radius 3 is 2.09 bits per heavy atom. The Bertz CT molecular complexity index is 922. The molecule has 0 saturated heterocycles. The molecule has 170 valence electrons. The fraction of sp³-hybridized carbons (Fsp3) is 0.375. The van der Waals surface area contributed by atoms with E-state index in [4.69, 9.17) is 15.2 Å². The van der Waals surface area contributed by atoms with Crippen LogP contribution in [-0.4, -0.2) is 61.0 Å². The predicted octanol–water partition coefficient (Wildman–Crippen LogP) is 2.91. The number of nitrogens with one attached hydrogen (secondary N) is 2. The van der Waals surface area contributed by atoms with Gasteiger partial charge in [0.1, 0.15) is 0 Å². The number of benzene rings is 2. The molecular formula is C24H32N6O2. The van der Waals surface area contributed by atoms with Crippen LogP contribution < -0.4 is 16.4 Å². The molecule has 1 aromatic heterocycles. The highest BCUT2D eigenvalue weighted by Gasteiger charge is 2.09. The quantitative estimate of drug-likeness (QED) is 0.331. The van der Waals surface area contributed by atoms with E-state index in [1.807, 2.05) is 30.3 Å². The molecule has 8 nitrogen and oxygen atoms in total. The summed E-state index contributed by atoms with van der Waals surface area (Å²) in [5, 5.41) is 6.55. The molecule has 32 heavy (non-hydrogen) atoms. The highest BCUT2D eigenvalue weighted by atomic mass is 16.5. The summed E-state index contributed by atoms with van der Waals surface area (Å²) in [4.78, 5) is 13.7. The Kier molecular flexibility index (Phi) is 9.85. The van der Waals surface area contributed by atoms with Gasteiger partial charge < -0.3 is 25.8 Å². The molecule has 2 aromatic carbocycles. The number of ether oxygens (including phenoxy) is 2. The van der Waals surface area contributed by atoms with Crippen LogP contribution in [0.25, 0.3) is 11.4 Å². The summed E-state index contributed by atoms with van der Waals surface area (Å²) in [7, 11) is 0. The third kappa shape index (κ3) is 8.22. The maximum Gasteiger partial charge on any atom is 0.228 e. The van der Waals surface area contributed by atoms with Crippen molar-refractivity contribution < 1.29 is 9.47 Å². The van der Waals surface area contributed by atoms with Gasteiger partial charge in [0, 0.05) is 25.2 Å². The third-order valence-electron chi connectivity index (χ3n) is 4.65. The molecule has 0 atom stereocenters. The summed E-state index contributed by atoms with van der Waals surface area (Å²) in [6.07, 6.45) is 0.884. The molecule has 3 rings (SSSR count). The molecule has 0 aliphatic heterocycles. The van der Waals surface area contributed by atoms with Gasteiger partial charge in [-0.15, -0.1) is 0 Å². The molecule has 3 aromatic rings. The molecule has 0 unspecified atom stereocenters. The van der Waals surface area contributed by atoms with Gasteiger partial charge in [0.2, 0.25) is 11.9 Å². The molecule has 0 amide bonds. The van der Waals surface area contributed by atoms with E-state index in [2.05, 4.69) is 56.8 Å². The number of nitrogens with two attached hydrogens (primary N) is 1. The van der Waals surface area contributed by atoms with Gasteiger partial charge in [0.05, 0.1) is 26.4 Å². The van der Waals surface area contributed by atoms with Gasteiger partial charge in [-0.05, 0) is 18.9 Å². The summed E-state index contributed by atoms with van der Waals surface area (Å²) >= 11 is 0. The lowest BCUT2D eigenvalue weighted by atomic mass is 10.1. The summed E-state index contributed by atoms with van der Waals surface area (Å²) in [6.45, 7) is 6.02. The van der Waals surface area contributed by atoms with Crippen LogP contribution >= 0.6 is 0 Å². The van der Waals surface area contributed by atoms with Crippen LogP contribution in [-0.2, 0) is 15.9 Å². The predicted molar refractivity (Wildman–Crippen MR) is 128 cm³/mol. The van der Waals surface area contributed by atoms with Crippen molar-refractivity contribution in [2.75, 3.05) is 56.7 Å². The Balaban J connectivity index is 1.59. The SMILES string of the molecule is Cc1ccc(-c2nc(NCCOCCOCCN)nc(NCCc3ccccc3)n2)cc1. The van der Waals surface area contributed by atoms with Gasteiger partial charge in [-0.3, -0.25) is 0 Å². The Morgan fingerprint density at radius 1 is 0.750 bits per heavy atom. The maximum absolute atomic E-state index is 5.56. The summed E-state index contributed by atoms with van der Waals surface area (Å²) in [6, 6.07) is 18.5. The monoisotopic (exact) mass is 436 g/mol. The minimum atomic E-state index is 0.515.